The number of benzene rings is 1. The first kappa shape index (κ1) is 16.3. The number of aromatic nitrogens is 2. The maximum Gasteiger partial charge on any atom is 0.515 e. The molecule has 0 spiro atoms. The summed E-state index contributed by atoms with van der Waals surface area (Å²) in [5.74, 6) is 0.262. The summed E-state index contributed by atoms with van der Waals surface area (Å²) in [5.41, 5.74) is 9.85. The molecule has 1 aromatic carbocycles. The maximum absolute atomic E-state index is 11.6. The van der Waals surface area contributed by atoms with Crippen molar-refractivity contribution < 1.29 is 14.3 Å². The molecule has 0 aliphatic carbocycles. The summed E-state index contributed by atoms with van der Waals surface area (Å²) in [5, 5.41) is 2.09. The van der Waals surface area contributed by atoms with Crippen molar-refractivity contribution >= 4 is 28.0 Å². The van der Waals surface area contributed by atoms with E-state index < -0.39 is 6.16 Å². The van der Waals surface area contributed by atoms with Gasteiger partial charge in [0.2, 0.25) is 5.88 Å². The Morgan fingerprint density at radius 2 is 2.12 bits per heavy atom. The molecule has 1 atom stereocenters. The number of aromatic amines is 1. The first-order valence-corrected chi connectivity index (χ1v) is 8.00. The number of nitrogens with one attached hydrogen (secondary N) is 1. The monoisotopic (exact) mass is 327 g/mol. The lowest BCUT2D eigenvalue weighted by Crippen LogP contribution is -2.17. The van der Waals surface area contributed by atoms with Gasteiger partial charge in [-0.2, -0.15) is 0 Å². The van der Waals surface area contributed by atoms with E-state index in [1.807, 2.05) is 26.0 Å². The van der Waals surface area contributed by atoms with Crippen LogP contribution < -0.4 is 10.5 Å². The number of aryl methyl sites for hydroxylation is 1. The van der Waals surface area contributed by atoms with Crippen LogP contribution in [0.4, 0.5) is 4.79 Å². The topological polar surface area (TPSA) is 90.2 Å². The first-order chi connectivity index (χ1) is 11.5. The zero-order valence-electron chi connectivity index (χ0n) is 14.1. The average Bonchev–Trinajstić information content (AvgIpc) is 2.90. The van der Waals surface area contributed by atoms with Gasteiger partial charge in [-0.3, -0.25) is 0 Å². The Bertz CT molecular complexity index is 899. The predicted octanol–water partition coefficient (Wildman–Crippen LogP) is 3.45. The highest BCUT2D eigenvalue weighted by molar-refractivity contribution is 6.10. The van der Waals surface area contributed by atoms with Gasteiger partial charge in [-0.05, 0) is 38.8 Å². The maximum atomic E-state index is 11.6. The van der Waals surface area contributed by atoms with Crippen molar-refractivity contribution in [2.24, 2.45) is 5.73 Å². The molecule has 126 valence electrons. The van der Waals surface area contributed by atoms with E-state index in [2.05, 4.69) is 16.0 Å². The molecule has 0 saturated carbocycles. The number of hydrogen-bond acceptors (Lipinski definition) is 5. The molecule has 3 aromatic rings. The van der Waals surface area contributed by atoms with Gasteiger partial charge in [-0.25, -0.2) is 9.78 Å². The van der Waals surface area contributed by atoms with Gasteiger partial charge in [-0.1, -0.05) is 12.1 Å². The number of carbonyl (C=O) groups excluding carboxylic acids is 1. The highest BCUT2D eigenvalue weighted by atomic mass is 16.7. The average molecular weight is 327 g/mol. The number of ether oxygens (including phenoxy) is 2. The normalized spacial score (nSPS) is 12.5. The standard InChI is InChI=1S/C18H21N3O3/c1-4-23-18(22)24-17-11(3)15-14(9-20-17)21-13-7-5-6-12(16(13)15)8-10(2)19/h5-7,9-10,21H,4,8,19H2,1-3H3. The molecule has 2 heterocycles. The Balaban J connectivity index is 2.18. The molecule has 0 saturated heterocycles. The third-order valence-electron chi connectivity index (χ3n) is 3.93. The van der Waals surface area contributed by atoms with Crippen LogP contribution >= 0.6 is 0 Å². The van der Waals surface area contributed by atoms with Crippen LogP contribution in [0.15, 0.2) is 24.4 Å². The van der Waals surface area contributed by atoms with E-state index in [-0.39, 0.29) is 18.5 Å². The van der Waals surface area contributed by atoms with Gasteiger partial charge >= 0.3 is 6.16 Å². The van der Waals surface area contributed by atoms with Crippen molar-refractivity contribution in [3.8, 4) is 5.88 Å². The molecular weight excluding hydrogens is 306 g/mol. The minimum atomic E-state index is -0.747. The largest absolute Gasteiger partial charge is 0.515 e. The van der Waals surface area contributed by atoms with E-state index >= 15 is 0 Å². The van der Waals surface area contributed by atoms with Crippen molar-refractivity contribution in [1.82, 2.24) is 9.97 Å². The fourth-order valence-corrected chi connectivity index (χ4v) is 3.00. The van der Waals surface area contributed by atoms with E-state index in [9.17, 15) is 4.79 Å². The summed E-state index contributed by atoms with van der Waals surface area (Å²) in [6.45, 7) is 5.85. The second-order valence-electron chi connectivity index (χ2n) is 5.91. The quantitative estimate of drug-likeness (QED) is 0.716. The summed E-state index contributed by atoms with van der Waals surface area (Å²) in [4.78, 5) is 19.2. The van der Waals surface area contributed by atoms with Gasteiger partial charge in [0.05, 0.1) is 18.3 Å². The molecule has 0 aliphatic rings. The zero-order chi connectivity index (χ0) is 17.3. The van der Waals surface area contributed by atoms with Gasteiger partial charge in [-0.15, -0.1) is 0 Å². The molecule has 2 aromatic heterocycles. The summed E-state index contributed by atoms with van der Waals surface area (Å²) in [7, 11) is 0. The van der Waals surface area contributed by atoms with Crippen molar-refractivity contribution in [2.45, 2.75) is 33.2 Å². The molecule has 0 radical (unpaired) electrons. The Labute approximate surface area is 140 Å². The summed E-state index contributed by atoms with van der Waals surface area (Å²) in [6.07, 6.45) is 1.69. The van der Waals surface area contributed by atoms with E-state index in [1.54, 1.807) is 13.1 Å². The minimum absolute atomic E-state index is 0.0537. The first-order valence-electron chi connectivity index (χ1n) is 8.00. The van der Waals surface area contributed by atoms with Crippen LogP contribution in [0.5, 0.6) is 5.88 Å². The Morgan fingerprint density at radius 3 is 2.83 bits per heavy atom. The molecular formula is C18H21N3O3. The lowest BCUT2D eigenvalue weighted by molar-refractivity contribution is 0.102. The van der Waals surface area contributed by atoms with Gasteiger partial charge in [0.15, 0.2) is 0 Å². The van der Waals surface area contributed by atoms with Crippen LogP contribution in [-0.4, -0.2) is 28.8 Å². The molecule has 24 heavy (non-hydrogen) atoms. The second kappa shape index (κ2) is 6.49. The summed E-state index contributed by atoms with van der Waals surface area (Å²) >= 11 is 0. The molecule has 1 unspecified atom stereocenters. The van der Waals surface area contributed by atoms with Crippen LogP contribution in [0.3, 0.4) is 0 Å². The Hall–Kier alpha value is -2.60. The van der Waals surface area contributed by atoms with E-state index in [4.69, 9.17) is 15.2 Å². The number of nitrogens with zero attached hydrogens (tertiary/aromatic N) is 1. The van der Waals surface area contributed by atoms with Crippen LogP contribution in [0.25, 0.3) is 21.8 Å². The van der Waals surface area contributed by atoms with E-state index in [1.165, 1.54) is 0 Å². The van der Waals surface area contributed by atoms with Crippen molar-refractivity contribution in [3.05, 3.63) is 35.5 Å². The Kier molecular flexibility index (Phi) is 4.40. The number of H-pyrrole nitrogens is 1. The lowest BCUT2D eigenvalue weighted by atomic mass is 9.99. The van der Waals surface area contributed by atoms with Gasteiger partial charge < -0.3 is 20.2 Å². The number of hydrogen-bond donors (Lipinski definition) is 2. The molecule has 3 rings (SSSR count). The van der Waals surface area contributed by atoms with Crippen LogP contribution in [0.1, 0.15) is 25.0 Å². The van der Waals surface area contributed by atoms with Crippen LogP contribution in [0.2, 0.25) is 0 Å². The third-order valence-corrected chi connectivity index (χ3v) is 3.93. The minimum Gasteiger partial charge on any atom is -0.434 e. The highest BCUT2D eigenvalue weighted by Crippen LogP contribution is 2.34. The van der Waals surface area contributed by atoms with Crippen molar-refractivity contribution in [2.75, 3.05) is 6.61 Å². The second-order valence-corrected chi connectivity index (χ2v) is 5.91. The van der Waals surface area contributed by atoms with Crippen molar-refractivity contribution in [1.29, 1.82) is 0 Å². The molecule has 0 bridgehead atoms. The molecule has 3 N–H and O–H groups in total. The predicted molar refractivity (Wildman–Crippen MR) is 93.3 cm³/mol. The van der Waals surface area contributed by atoms with Crippen LogP contribution in [0, 0.1) is 6.92 Å². The molecule has 0 fully saturated rings. The zero-order valence-corrected chi connectivity index (χ0v) is 14.1. The van der Waals surface area contributed by atoms with Gasteiger partial charge in [0.25, 0.3) is 0 Å². The smallest absolute Gasteiger partial charge is 0.434 e. The Morgan fingerprint density at radius 1 is 1.33 bits per heavy atom. The van der Waals surface area contributed by atoms with E-state index in [0.29, 0.717) is 0 Å². The number of pyridine rings is 1. The molecule has 0 aliphatic heterocycles. The fraction of sp³-hybridized carbons (Fsp3) is 0.333. The molecule has 0 amide bonds. The summed E-state index contributed by atoms with van der Waals surface area (Å²) in [6, 6.07) is 6.16. The van der Waals surface area contributed by atoms with Crippen LogP contribution in [-0.2, 0) is 11.2 Å². The number of rotatable bonds is 4. The van der Waals surface area contributed by atoms with Crippen molar-refractivity contribution in [3.63, 3.8) is 0 Å². The summed E-state index contributed by atoms with van der Waals surface area (Å²) < 4.78 is 10.1. The fourth-order valence-electron chi connectivity index (χ4n) is 3.00. The molecule has 6 heteroatoms. The third kappa shape index (κ3) is 2.92. The number of nitrogens with two attached hydrogens (primary N) is 1. The highest BCUT2D eigenvalue weighted by Gasteiger charge is 2.17. The van der Waals surface area contributed by atoms with E-state index in [0.717, 1.165) is 39.4 Å². The molecule has 6 nitrogen and oxygen atoms in total. The SMILES string of the molecule is CCOC(=O)Oc1ncc2[nH]c3cccc(CC(C)N)c3c2c1C. The number of carbonyl (C=O) groups is 1. The van der Waals surface area contributed by atoms with Gasteiger partial charge in [0.1, 0.15) is 0 Å². The lowest BCUT2D eigenvalue weighted by Gasteiger charge is -2.09. The van der Waals surface area contributed by atoms with Gasteiger partial charge in [0, 0.05) is 27.9 Å². The number of fused-ring (bicyclic) bond motifs is 3.